The van der Waals surface area contributed by atoms with E-state index < -0.39 is 11.9 Å². The normalized spacial score (nSPS) is 18.0. The molecule has 3 aromatic rings. The standard InChI is InChI=1S/C20H17N5O4S/c1-11-19(27)25(12-5-3-2-4-6-12)24-17(21-11)18(26)23-20-22-13-9-14-15(10-16(13)30-20)29-8-7-28-14/h2-6,9-11H,7-8H2,1H3,(H,21,24)(H,22,23,26). The first kappa shape index (κ1) is 18.4. The largest absolute Gasteiger partial charge is 0.486 e. The van der Waals surface area contributed by atoms with E-state index in [1.807, 2.05) is 24.3 Å². The number of hydrogen-bond acceptors (Lipinski definition) is 8. The molecule has 0 spiro atoms. The molecule has 2 N–H and O–H groups in total. The summed E-state index contributed by atoms with van der Waals surface area (Å²) in [5.41, 5.74) is 4.13. The fraction of sp³-hybridized carbons (Fsp3) is 0.200. The first-order chi connectivity index (χ1) is 14.6. The molecule has 0 fully saturated rings. The van der Waals surface area contributed by atoms with Gasteiger partial charge in [0.1, 0.15) is 19.3 Å². The Kier molecular flexibility index (Phi) is 4.47. The molecule has 9 nitrogen and oxygen atoms in total. The number of fused-ring (bicyclic) bond motifs is 2. The monoisotopic (exact) mass is 423 g/mol. The van der Waals surface area contributed by atoms with Gasteiger partial charge < -0.3 is 9.47 Å². The van der Waals surface area contributed by atoms with E-state index in [1.165, 1.54) is 16.3 Å². The summed E-state index contributed by atoms with van der Waals surface area (Å²) >= 11 is 1.32. The van der Waals surface area contributed by atoms with Crippen molar-refractivity contribution in [2.75, 3.05) is 23.5 Å². The van der Waals surface area contributed by atoms with Crippen molar-refractivity contribution in [2.24, 2.45) is 4.99 Å². The van der Waals surface area contributed by atoms with E-state index in [9.17, 15) is 9.59 Å². The molecule has 1 atom stereocenters. The Bertz CT molecular complexity index is 1130. The van der Waals surface area contributed by atoms with Crippen LogP contribution in [0, 0.1) is 0 Å². The van der Waals surface area contributed by atoms with Crippen molar-refractivity contribution in [3.63, 3.8) is 0 Å². The number of amides is 2. The zero-order valence-corrected chi connectivity index (χ0v) is 16.7. The van der Waals surface area contributed by atoms with Gasteiger partial charge in [-0.15, -0.1) is 0 Å². The summed E-state index contributed by atoms with van der Waals surface area (Å²) in [6.45, 7) is 2.64. The summed E-state index contributed by atoms with van der Waals surface area (Å²) < 4.78 is 12.0. The molecule has 2 amide bonds. The number of aliphatic imine (C=N–C) groups is 1. The van der Waals surface area contributed by atoms with E-state index in [4.69, 9.17) is 9.47 Å². The lowest BCUT2D eigenvalue weighted by Gasteiger charge is -2.30. The molecule has 0 radical (unpaired) electrons. The van der Waals surface area contributed by atoms with E-state index in [2.05, 4.69) is 20.7 Å². The van der Waals surface area contributed by atoms with Crippen molar-refractivity contribution >= 4 is 50.0 Å². The van der Waals surface area contributed by atoms with E-state index >= 15 is 0 Å². The molecule has 152 valence electrons. The van der Waals surface area contributed by atoms with Gasteiger partial charge in [-0.05, 0) is 19.1 Å². The van der Waals surface area contributed by atoms with Gasteiger partial charge in [0.2, 0.25) is 5.84 Å². The molecule has 2 aliphatic rings. The lowest BCUT2D eigenvalue weighted by atomic mass is 10.2. The summed E-state index contributed by atoms with van der Waals surface area (Å²) in [5, 5.41) is 4.50. The maximum absolute atomic E-state index is 12.8. The number of carbonyl (C=O) groups excluding carboxylic acids is 2. The predicted molar refractivity (Wildman–Crippen MR) is 113 cm³/mol. The number of benzene rings is 2. The van der Waals surface area contributed by atoms with Crippen LogP contribution >= 0.6 is 11.3 Å². The van der Waals surface area contributed by atoms with E-state index in [0.717, 1.165) is 4.70 Å². The highest BCUT2D eigenvalue weighted by atomic mass is 32.1. The third-order valence-electron chi connectivity index (χ3n) is 4.62. The second-order valence-electron chi connectivity index (χ2n) is 6.71. The quantitative estimate of drug-likeness (QED) is 0.670. The van der Waals surface area contributed by atoms with Crippen LogP contribution in [-0.2, 0) is 9.59 Å². The molecular weight excluding hydrogens is 406 g/mol. The molecule has 5 rings (SSSR count). The third kappa shape index (κ3) is 3.30. The summed E-state index contributed by atoms with van der Waals surface area (Å²) in [5.74, 6) is 0.617. The Morgan fingerprint density at radius 3 is 2.70 bits per heavy atom. The van der Waals surface area contributed by atoms with Crippen molar-refractivity contribution in [1.82, 2.24) is 10.4 Å². The van der Waals surface area contributed by atoms with Crippen molar-refractivity contribution in [3.05, 3.63) is 42.5 Å². The number of aromatic nitrogens is 1. The van der Waals surface area contributed by atoms with Crippen molar-refractivity contribution in [2.45, 2.75) is 13.0 Å². The number of hydrazine groups is 1. The van der Waals surface area contributed by atoms with Crippen LogP contribution in [0.1, 0.15) is 6.92 Å². The van der Waals surface area contributed by atoms with Gasteiger partial charge in [0.15, 0.2) is 16.6 Å². The Morgan fingerprint density at radius 1 is 1.20 bits per heavy atom. The summed E-state index contributed by atoms with van der Waals surface area (Å²) in [7, 11) is 0. The minimum Gasteiger partial charge on any atom is -0.486 e. The lowest BCUT2D eigenvalue weighted by Crippen LogP contribution is -2.57. The number of anilines is 2. The van der Waals surface area contributed by atoms with Crippen LogP contribution in [-0.4, -0.2) is 41.9 Å². The van der Waals surface area contributed by atoms with Gasteiger partial charge in [-0.2, -0.15) is 0 Å². The Morgan fingerprint density at radius 2 is 1.93 bits per heavy atom. The maximum Gasteiger partial charge on any atom is 0.294 e. The second kappa shape index (κ2) is 7.30. The van der Waals surface area contributed by atoms with Gasteiger partial charge in [-0.1, -0.05) is 29.5 Å². The first-order valence-corrected chi connectivity index (χ1v) is 10.1. The van der Waals surface area contributed by atoms with E-state index in [1.54, 1.807) is 25.1 Å². The predicted octanol–water partition coefficient (Wildman–Crippen LogP) is 2.34. The Labute approximate surface area is 175 Å². The summed E-state index contributed by atoms with van der Waals surface area (Å²) in [6, 6.07) is 12.0. The van der Waals surface area contributed by atoms with Crippen molar-refractivity contribution < 1.29 is 19.1 Å². The highest BCUT2D eigenvalue weighted by Crippen LogP contribution is 2.37. The highest BCUT2D eigenvalue weighted by molar-refractivity contribution is 7.22. The lowest BCUT2D eigenvalue weighted by molar-refractivity contribution is -0.120. The van der Waals surface area contributed by atoms with Gasteiger partial charge in [-0.25, -0.2) is 15.0 Å². The van der Waals surface area contributed by atoms with Gasteiger partial charge in [-0.3, -0.25) is 20.3 Å². The molecule has 0 bridgehead atoms. The maximum atomic E-state index is 12.8. The fourth-order valence-corrected chi connectivity index (χ4v) is 4.05. The summed E-state index contributed by atoms with van der Waals surface area (Å²) in [6.07, 6.45) is 0. The fourth-order valence-electron chi connectivity index (χ4n) is 3.18. The van der Waals surface area contributed by atoms with Crippen molar-refractivity contribution in [3.8, 4) is 11.5 Å². The minimum absolute atomic E-state index is 0.0381. The van der Waals surface area contributed by atoms with Crippen LogP contribution in [0.5, 0.6) is 11.5 Å². The number of nitrogens with zero attached hydrogens (tertiary/aromatic N) is 3. The highest BCUT2D eigenvalue weighted by Gasteiger charge is 2.31. The Balaban J connectivity index is 1.38. The van der Waals surface area contributed by atoms with Crippen LogP contribution < -0.4 is 25.2 Å². The molecule has 1 aromatic heterocycles. The molecule has 0 saturated carbocycles. The molecule has 2 aliphatic heterocycles. The van der Waals surface area contributed by atoms with E-state index in [-0.39, 0.29) is 11.7 Å². The second-order valence-corrected chi connectivity index (χ2v) is 7.74. The van der Waals surface area contributed by atoms with Crippen LogP contribution in [0.3, 0.4) is 0 Å². The van der Waals surface area contributed by atoms with Crippen LogP contribution in [0.4, 0.5) is 10.8 Å². The number of nitrogens with one attached hydrogen (secondary N) is 2. The van der Waals surface area contributed by atoms with Crippen molar-refractivity contribution in [1.29, 1.82) is 0 Å². The molecule has 2 aromatic carbocycles. The van der Waals surface area contributed by atoms with E-state index in [0.29, 0.717) is 41.0 Å². The van der Waals surface area contributed by atoms with Gasteiger partial charge in [0.05, 0.1) is 15.9 Å². The third-order valence-corrected chi connectivity index (χ3v) is 5.55. The topological polar surface area (TPSA) is 105 Å². The van der Waals surface area contributed by atoms with Crippen LogP contribution in [0.25, 0.3) is 10.2 Å². The molecule has 1 unspecified atom stereocenters. The summed E-state index contributed by atoms with van der Waals surface area (Å²) in [4.78, 5) is 33.9. The number of amidine groups is 1. The number of hydrogen-bond donors (Lipinski definition) is 2. The average molecular weight is 423 g/mol. The molecule has 30 heavy (non-hydrogen) atoms. The minimum atomic E-state index is -0.691. The number of thiazole rings is 1. The smallest absolute Gasteiger partial charge is 0.294 e. The SMILES string of the molecule is CC1N=C(C(=O)Nc2nc3cc4c(cc3s2)OCCO4)NN(c2ccccc2)C1=O. The number of rotatable bonds is 3. The zero-order chi connectivity index (χ0) is 20.7. The number of carbonyl (C=O) groups is 2. The molecule has 3 heterocycles. The molecular formula is C20H17N5O4S. The number of ether oxygens (including phenoxy) is 2. The van der Waals surface area contributed by atoms with Gasteiger partial charge in [0, 0.05) is 12.1 Å². The van der Waals surface area contributed by atoms with Crippen LogP contribution in [0.15, 0.2) is 47.5 Å². The van der Waals surface area contributed by atoms with Gasteiger partial charge >= 0.3 is 0 Å². The average Bonchev–Trinajstić information content (AvgIpc) is 3.15. The van der Waals surface area contributed by atoms with Gasteiger partial charge in [0.25, 0.3) is 11.8 Å². The number of para-hydroxylation sites is 1. The molecule has 0 saturated heterocycles. The zero-order valence-electron chi connectivity index (χ0n) is 15.9. The van der Waals surface area contributed by atoms with Crippen LogP contribution in [0.2, 0.25) is 0 Å². The molecule has 0 aliphatic carbocycles. The Hall–Kier alpha value is -3.66. The first-order valence-electron chi connectivity index (χ1n) is 9.33. The molecule has 10 heteroatoms.